The van der Waals surface area contributed by atoms with E-state index < -0.39 is 0 Å². The molecule has 0 aliphatic heterocycles. The Morgan fingerprint density at radius 3 is 2.83 bits per heavy atom. The van der Waals surface area contributed by atoms with Crippen LogP contribution in [0.4, 0.5) is 0 Å². The van der Waals surface area contributed by atoms with Crippen molar-refractivity contribution in [1.29, 1.82) is 0 Å². The molecule has 5 heteroatoms. The van der Waals surface area contributed by atoms with Gasteiger partial charge in [0.2, 0.25) is 0 Å². The third-order valence-corrected chi connectivity index (χ3v) is 3.01. The highest BCUT2D eigenvalue weighted by Crippen LogP contribution is 2.30. The summed E-state index contributed by atoms with van der Waals surface area (Å²) in [7, 11) is 1.64. The summed E-state index contributed by atoms with van der Waals surface area (Å²) in [6, 6.07) is 11.4. The molecule has 3 aromatic rings. The van der Waals surface area contributed by atoms with Gasteiger partial charge < -0.3 is 4.74 Å². The second-order valence-corrected chi connectivity index (χ2v) is 4.23. The van der Waals surface area contributed by atoms with Gasteiger partial charge in [0.05, 0.1) is 12.1 Å². The number of methoxy groups -OCH3 is 1. The summed E-state index contributed by atoms with van der Waals surface area (Å²) >= 11 is 6.13. The number of rotatable bonds is 2. The first kappa shape index (κ1) is 11.0. The molecule has 4 nitrogen and oxygen atoms in total. The van der Waals surface area contributed by atoms with E-state index in [4.69, 9.17) is 16.3 Å². The molecule has 0 atom stereocenters. The van der Waals surface area contributed by atoms with Gasteiger partial charge in [-0.3, -0.25) is 0 Å². The quantitative estimate of drug-likeness (QED) is 0.707. The number of hydrogen-bond donors (Lipinski definition) is 0. The van der Waals surface area contributed by atoms with Gasteiger partial charge in [0.15, 0.2) is 5.52 Å². The third kappa shape index (κ3) is 1.80. The van der Waals surface area contributed by atoms with E-state index in [1.54, 1.807) is 7.11 Å². The van der Waals surface area contributed by atoms with E-state index in [-0.39, 0.29) is 0 Å². The zero-order chi connectivity index (χ0) is 12.5. The van der Waals surface area contributed by atoms with Crippen LogP contribution in [0.25, 0.3) is 22.2 Å². The van der Waals surface area contributed by atoms with E-state index >= 15 is 0 Å². The van der Waals surface area contributed by atoms with Gasteiger partial charge in [-0.1, -0.05) is 23.7 Å². The lowest BCUT2D eigenvalue weighted by molar-refractivity contribution is 0.315. The predicted molar refractivity (Wildman–Crippen MR) is 68.8 cm³/mol. The molecule has 1 heterocycles. The summed E-state index contributed by atoms with van der Waals surface area (Å²) in [6.07, 6.45) is 0. The molecule has 1 aromatic heterocycles. The van der Waals surface area contributed by atoms with Gasteiger partial charge in [-0.15, -0.1) is 0 Å². The second kappa shape index (κ2) is 4.31. The van der Waals surface area contributed by atoms with Crippen LogP contribution in [-0.2, 0) is 0 Å². The van der Waals surface area contributed by atoms with Crippen LogP contribution in [-0.4, -0.2) is 17.4 Å². The summed E-state index contributed by atoms with van der Waals surface area (Å²) in [6.45, 7) is 0. The van der Waals surface area contributed by atoms with E-state index in [0.717, 1.165) is 16.9 Å². The van der Waals surface area contributed by atoms with Crippen molar-refractivity contribution in [3.05, 3.63) is 41.4 Å². The van der Waals surface area contributed by atoms with Crippen LogP contribution < -0.4 is 4.74 Å². The fourth-order valence-corrected chi connectivity index (χ4v) is 2.07. The lowest BCUT2D eigenvalue weighted by atomic mass is 10.0. The number of halogens is 1. The molecule has 0 saturated heterocycles. The smallest absolute Gasteiger partial charge is 0.153 e. The van der Waals surface area contributed by atoms with Crippen LogP contribution in [0.15, 0.2) is 41.0 Å². The van der Waals surface area contributed by atoms with Gasteiger partial charge in [0.1, 0.15) is 11.3 Å². The molecule has 0 aliphatic rings. The number of benzene rings is 2. The monoisotopic (exact) mass is 260 g/mol. The van der Waals surface area contributed by atoms with Gasteiger partial charge in [-0.05, 0) is 45.7 Å². The predicted octanol–water partition coefficient (Wildman–Crippen LogP) is 3.55. The average molecular weight is 261 g/mol. The molecule has 0 N–H and O–H groups in total. The van der Waals surface area contributed by atoms with Crippen molar-refractivity contribution in [2.75, 3.05) is 7.11 Å². The lowest BCUT2D eigenvalue weighted by Crippen LogP contribution is -1.84. The number of fused-ring (bicyclic) bond motifs is 1. The maximum atomic E-state index is 6.13. The minimum absolute atomic E-state index is 0.520. The number of nitrogens with zero attached hydrogens (tertiary/aromatic N) is 2. The largest absolute Gasteiger partial charge is 0.497 e. The van der Waals surface area contributed by atoms with Crippen LogP contribution in [0.3, 0.4) is 0 Å². The Labute approximate surface area is 108 Å². The second-order valence-electron chi connectivity index (χ2n) is 3.82. The van der Waals surface area contributed by atoms with E-state index in [2.05, 4.69) is 14.9 Å². The van der Waals surface area contributed by atoms with E-state index in [1.807, 2.05) is 36.4 Å². The van der Waals surface area contributed by atoms with Crippen LogP contribution in [0, 0.1) is 0 Å². The molecule has 18 heavy (non-hydrogen) atoms. The third-order valence-electron chi connectivity index (χ3n) is 2.72. The van der Waals surface area contributed by atoms with Gasteiger partial charge >= 0.3 is 0 Å². The first-order chi connectivity index (χ1) is 8.78. The van der Waals surface area contributed by atoms with Gasteiger partial charge in [0, 0.05) is 0 Å². The summed E-state index contributed by atoms with van der Waals surface area (Å²) in [5.74, 6) is 0.794. The number of aromatic nitrogens is 2. The summed E-state index contributed by atoms with van der Waals surface area (Å²) in [5, 5.41) is 8.07. The highest BCUT2D eigenvalue weighted by atomic mass is 35.5. The van der Waals surface area contributed by atoms with Crippen molar-refractivity contribution in [3.8, 4) is 16.9 Å². The SMILES string of the molecule is COc1cccc(-c2cc(Cl)c3nonc3c2)c1. The molecule has 0 radical (unpaired) electrons. The summed E-state index contributed by atoms with van der Waals surface area (Å²) in [5.41, 5.74) is 3.16. The van der Waals surface area contributed by atoms with E-state index in [9.17, 15) is 0 Å². The molecular formula is C13H9ClN2O2. The van der Waals surface area contributed by atoms with Crippen LogP contribution in [0.1, 0.15) is 0 Å². The normalized spacial score (nSPS) is 10.8. The number of hydrogen-bond acceptors (Lipinski definition) is 4. The topological polar surface area (TPSA) is 48.2 Å². The molecular weight excluding hydrogens is 252 g/mol. The maximum Gasteiger partial charge on any atom is 0.153 e. The molecule has 0 fully saturated rings. The minimum Gasteiger partial charge on any atom is -0.497 e. The van der Waals surface area contributed by atoms with E-state index in [0.29, 0.717) is 16.1 Å². The van der Waals surface area contributed by atoms with E-state index in [1.165, 1.54) is 0 Å². The molecule has 2 aromatic carbocycles. The molecule has 3 rings (SSSR count). The highest BCUT2D eigenvalue weighted by molar-refractivity contribution is 6.35. The van der Waals surface area contributed by atoms with Gasteiger partial charge in [0.25, 0.3) is 0 Å². The van der Waals surface area contributed by atoms with Crippen LogP contribution in [0.5, 0.6) is 5.75 Å². The molecule has 90 valence electrons. The van der Waals surface area contributed by atoms with Crippen molar-refractivity contribution in [2.45, 2.75) is 0 Å². The van der Waals surface area contributed by atoms with Gasteiger partial charge in [-0.25, -0.2) is 4.63 Å². The first-order valence-electron chi connectivity index (χ1n) is 5.34. The zero-order valence-electron chi connectivity index (χ0n) is 9.55. The van der Waals surface area contributed by atoms with Crippen molar-refractivity contribution >= 4 is 22.6 Å². The number of ether oxygens (including phenoxy) is 1. The Morgan fingerprint density at radius 2 is 2.00 bits per heavy atom. The Bertz CT molecular complexity index is 709. The summed E-state index contributed by atoms with van der Waals surface area (Å²) < 4.78 is 9.87. The molecule has 0 saturated carbocycles. The Kier molecular flexibility index (Phi) is 2.64. The molecule has 0 bridgehead atoms. The van der Waals surface area contributed by atoms with Crippen molar-refractivity contribution in [3.63, 3.8) is 0 Å². The zero-order valence-corrected chi connectivity index (χ0v) is 10.3. The molecule has 0 unspecified atom stereocenters. The minimum atomic E-state index is 0.520. The van der Waals surface area contributed by atoms with Crippen molar-refractivity contribution in [2.24, 2.45) is 0 Å². The van der Waals surface area contributed by atoms with Crippen LogP contribution >= 0.6 is 11.6 Å². The van der Waals surface area contributed by atoms with Crippen molar-refractivity contribution in [1.82, 2.24) is 10.3 Å². The Balaban J connectivity index is 2.18. The highest BCUT2D eigenvalue weighted by Gasteiger charge is 2.09. The maximum absolute atomic E-state index is 6.13. The fourth-order valence-electron chi connectivity index (χ4n) is 1.82. The van der Waals surface area contributed by atoms with Gasteiger partial charge in [-0.2, -0.15) is 0 Å². The summed E-state index contributed by atoms with van der Waals surface area (Å²) in [4.78, 5) is 0. The average Bonchev–Trinajstić information content (AvgIpc) is 2.87. The standard InChI is InChI=1S/C13H9ClN2O2/c1-17-10-4-2-3-8(5-10)9-6-11(14)13-12(7-9)15-18-16-13/h2-7H,1H3. The molecule has 0 amide bonds. The lowest BCUT2D eigenvalue weighted by Gasteiger charge is -2.05. The van der Waals surface area contributed by atoms with Crippen LogP contribution in [0.2, 0.25) is 5.02 Å². The molecule has 0 spiro atoms. The first-order valence-corrected chi connectivity index (χ1v) is 5.72. The van der Waals surface area contributed by atoms with Crippen molar-refractivity contribution < 1.29 is 9.37 Å². The molecule has 0 aliphatic carbocycles. The Morgan fingerprint density at radius 1 is 1.11 bits per heavy atom. The Hall–Kier alpha value is -2.07. The fraction of sp³-hybridized carbons (Fsp3) is 0.0769.